The van der Waals surface area contributed by atoms with E-state index in [4.69, 9.17) is 4.52 Å². The van der Waals surface area contributed by atoms with E-state index in [9.17, 15) is 9.59 Å². The standard InChI is InChI=1S/C19H15N3O3/c1-11-7-3-4-8-13(11)16-20-17(25-21-16)12(2)22-18(23)14-9-5-6-10-15(14)19(22)24/h3-10,12H,1-2H3/t12-/m0/s1. The second-order valence-corrected chi connectivity index (χ2v) is 5.97. The summed E-state index contributed by atoms with van der Waals surface area (Å²) in [4.78, 5) is 30.7. The molecule has 6 heteroatoms. The van der Waals surface area contributed by atoms with Crippen molar-refractivity contribution in [1.82, 2.24) is 15.0 Å². The molecular weight excluding hydrogens is 318 g/mol. The molecule has 2 heterocycles. The number of benzene rings is 2. The number of hydrogen-bond acceptors (Lipinski definition) is 5. The molecule has 0 spiro atoms. The van der Waals surface area contributed by atoms with Gasteiger partial charge in [0.15, 0.2) is 0 Å². The first-order valence-electron chi connectivity index (χ1n) is 7.94. The average molecular weight is 333 g/mol. The van der Waals surface area contributed by atoms with Gasteiger partial charge >= 0.3 is 0 Å². The van der Waals surface area contributed by atoms with E-state index in [0.717, 1.165) is 11.1 Å². The Labute approximate surface area is 144 Å². The van der Waals surface area contributed by atoms with E-state index < -0.39 is 6.04 Å². The Kier molecular flexibility index (Phi) is 3.46. The van der Waals surface area contributed by atoms with Crippen LogP contribution in [0.5, 0.6) is 0 Å². The monoisotopic (exact) mass is 333 g/mol. The van der Waals surface area contributed by atoms with Gasteiger partial charge in [-0.25, -0.2) is 0 Å². The molecule has 0 bridgehead atoms. The molecule has 0 saturated carbocycles. The predicted octanol–water partition coefficient (Wildman–Crippen LogP) is 3.40. The summed E-state index contributed by atoms with van der Waals surface area (Å²) in [5.41, 5.74) is 2.67. The average Bonchev–Trinajstić information content (AvgIpc) is 3.20. The zero-order valence-corrected chi connectivity index (χ0v) is 13.8. The molecular formula is C19H15N3O3. The van der Waals surface area contributed by atoms with Crippen molar-refractivity contribution in [3.8, 4) is 11.4 Å². The number of aromatic nitrogens is 2. The Balaban J connectivity index is 1.67. The van der Waals surface area contributed by atoms with Crippen molar-refractivity contribution in [3.05, 3.63) is 71.1 Å². The van der Waals surface area contributed by atoms with Crippen molar-refractivity contribution in [2.45, 2.75) is 19.9 Å². The number of aryl methyl sites for hydroxylation is 1. The van der Waals surface area contributed by atoms with Gasteiger partial charge in [-0.05, 0) is 31.5 Å². The summed E-state index contributed by atoms with van der Waals surface area (Å²) in [6.45, 7) is 3.66. The van der Waals surface area contributed by atoms with Crippen LogP contribution in [-0.4, -0.2) is 26.9 Å². The fourth-order valence-corrected chi connectivity index (χ4v) is 3.01. The molecule has 0 saturated heterocycles. The van der Waals surface area contributed by atoms with E-state index in [2.05, 4.69) is 10.1 Å². The lowest BCUT2D eigenvalue weighted by Crippen LogP contribution is -2.32. The highest BCUT2D eigenvalue weighted by Crippen LogP contribution is 2.31. The van der Waals surface area contributed by atoms with Gasteiger partial charge in [0.05, 0.1) is 11.1 Å². The van der Waals surface area contributed by atoms with Crippen molar-refractivity contribution in [1.29, 1.82) is 0 Å². The molecule has 25 heavy (non-hydrogen) atoms. The maximum absolute atomic E-state index is 12.6. The molecule has 1 atom stereocenters. The SMILES string of the molecule is Cc1ccccc1-c1noc([C@H](C)N2C(=O)c3ccccc3C2=O)n1. The summed E-state index contributed by atoms with van der Waals surface area (Å²) in [7, 11) is 0. The largest absolute Gasteiger partial charge is 0.337 e. The van der Waals surface area contributed by atoms with Gasteiger partial charge in [-0.2, -0.15) is 4.98 Å². The van der Waals surface area contributed by atoms with E-state index in [1.54, 1.807) is 31.2 Å². The van der Waals surface area contributed by atoms with Crippen LogP contribution in [0.1, 0.15) is 45.1 Å². The summed E-state index contributed by atoms with van der Waals surface area (Å²) in [5, 5.41) is 4.00. The topological polar surface area (TPSA) is 76.3 Å². The molecule has 0 aliphatic carbocycles. The molecule has 2 amide bonds. The summed E-state index contributed by atoms with van der Waals surface area (Å²) in [5.74, 6) is -0.0169. The van der Waals surface area contributed by atoms with Crippen LogP contribution in [0.3, 0.4) is 0 Å². The second kappa shape index (κ2) is 5.66. The van der Waals surface area contributed by atoms with Gasteiger partial charge in [-0.3, -0.25) is 14.5 Å². The molecule has 1 aliphatic rings. The van der Waals surface area contributed by atoms with Gasteiger partial charge in [0.25, 0.3) is 11.8 Å². The number of hydrogen-bond donors (Lipinski definition) is 0. The number of rotatable bonds is 3. The number of carbonyl (C=O) groups excluding carboxylic acids is 2. The summed E-state index contributed by atoms with van der Waals surface area (Å²) < 4.78 is 5.34. The Morgan fingerprint density at radius 3 is 2.08 bits per heavy atom. The van der Waals surface area contributed by atoms with Crippen LogP contribution in [0.15, 0.2) is 53.1 Å². The van der Waals surface area contributed by atoms with Crippen LogP contribution in [0.2, 0.25) is 0 Å². The Hall–Kier alpha value is -3.28. The minimum absolute atomic E-state index is 0.229. The highest BCUT2D eigenvalue weighted by atomic mass is 16.5. The first-order valence-corrected chi connectivity index (χ1v) is 7.94. The lowest BCUT2D eigenvalue weighted by Gasteiger charge is -2.18. The fourth-order valence-electron chi connectivity index (χ4n) is 3.01. The molecule has 2 aromatic carbocycles. The zero-order chi connectivity index (χ0) is 17.6. The van der Waals surface area contributed by atoms with Crippen LogP contribution in [0.25, 0.3) is 11.4 Å². The quantitative estimate of drug-likeness (QED) is 0.687. The number of carbonyl (C=O) groups is 2. The molecule has 1 aliphatic heterocycles. The van der Waals surface area contributed by atoms with E-state index in [1.165, 1.54) is 4.90 Å². The lowest BCUT2D eigenvalue weighted by molar-refractivity contribution is 0.0568. The minimum atomic E-state index is -0.641. The minimum Gasteiger partial charge on any atom is -0.337 e. The van der Waals surface area contributed by atoms with Crippen LogP contribution >= 0.6 is 0 Å². The third-order valence-corrected chi connectivity index (χ3v) is 4.40. The van der Waals surface area contributed by atoms with Gasteiger partial charge in [0.1, 0.15) is 6.04 Å². The van der Waals surface area contributed by atoms with Crippen molar-refractivity contribution < 1.29 is 14.1 Å². The van der Waals surface area contributed by atoms with Crippen LogP contribution in [-0.2, 0) is 0 Å². The molecule has 6 nitrogen and oxygen atoms in total. The molecule has 4 rings (SSSR count). The van der Waals surface area contributed by atoms with E-state index in [-0.39, 0.29) is 17.7 Å². The third-order valence-electron chi connectivity index (χ3n) is 4.40. The summed E-state index contributed by atoms with van der Waals surface area (Å²) in [6, 6.07) is 13.8. The number of nitrogens with zero attached hydrogens (tertiary/aromatic N) is 3. The molecule has 3 aromatic rings. The predicted molar refractivity (Wildman–Crippen MR) is 89.8 cm³/mol. The molecule has 0 N–H and O–H groups in total. The normalized spacial score (nSPS) is 14.7. The van der Waals surface area contributed by atoms with Crippen LogP contribution in [0, 0.1) is 6.92 Å². The Morgan fingerprint density at radius 1 is 0.920 bits per heavy atom. The second-order valence-electron chi connectivity index (χ2n) is 5.97. The molecule has 0 fully saturated rings. The Bertz CT molecular complexity index is 958. The van der Waals surface area contributed by atoms with Gasteiger partial charge in [-0.15, -0.1) is 0 Å². The van der Waals surface area contributed by atoms with Crippen molar-refractivity contribution in [3.63, 3.8) is 0 Å². The van der Waals surface area contributed by atoms with Gasteiger partial charge in [0, 0.05) is 5.56 Å². The highest BCUT2D eigenvalue weighted by molar-refractivity contribution is 6.21. The molecule has 124 valence electrons. The first-order chi connectivity index (χ1) is 12.1. The van der Waals surface area contributed by atoms with E-state index in [0.29, 0.717) is 17.0 Å². The summed E-state index contributed by atoms with van der Waals surface area (Å²) >= 11 is 0. The molecule has 0 unspecified atom stereocenters. The van der Waals surface area contributed by atoms with Gasteiger partial charge < -0.3 is 4.52 Å². The lowest BCUT2D eigenvalue weighted by atomic mass is 10.1. The number of imide groups is 1. The first kappa shape index (κ1) is 15.3. The van der Waals surface area contributed by atoms with Crippen LogP contribution in [0.4, 0.5) is 0 Å². The van der Waals surface area contributed by atoms with Crippen molar-refractivity contribution in [2.75, 3.05) is 0 Å². The third kappa shape index (κ3) is 2.34. The van der Waals surface area contributed by atoms with Crippen molar-refractivity contribution in [2.24, 2.45) is 0 Å². The fraction of sp³-hybridized carbons (Fsp3) is 0.158. The summed E-state index contributed by atoms with van der Waals surface area (Å²) in [6.07, 6.45) is 0. The van der Waals surface area contributed by atoms with E-state index in [1.807, 2.05) is 31.2 Å². The van der Waals surface area contributed by atoms with Gasteiger partial charge in [-0.1, -0.05) is 41.6 Å². The zero-order valence-electron chi connectivity index (χ0n) is 13.8. The van der Waals surface area contributed by atoms with Crippen LogP contribution < -0.4 is 0 Å². The maximum atomic E-state index is 12.6. The van der Waals surface area contributed by atoms with E-state index >= 15 is 0 Å². The molecule has 0 radical (unpaired) electrons. The maximum Gasteiger partial charge on any atom is 0.262 e. The molecule has 1 aromatic heterocycles. The van der Waals surface area contributed by atoms with Gasteiger partial charge in [0.2, 0.25) is 11.7 Å². The number of fused-ring (bicyclic) bond motifs is 1. The Morgan fingerprint density at radius 2 is 1.48 bits per heavy atom. The smallest absolute Gasteiger partial charge is 0.262 e. The highest BCUT2D eigenvalue weighted by Gasteiger charge is 2.40. The van der Waals surface area contributed by atoms with Crippen molar-refractivity contribution >= 4 is 11.8 Å². The number of amides is 2.